The van der Waals surface area contributed by atoms with Crippen LogP contribution in [0.25, 0.3) is 6.08 Å². The molecule has 3 heteroatoms. The molecule has 0 bridgehead atoms. The predicted molar refractivity (Wildman–Crippen MR) is 87.8 cm³/mol. The minimum atomic E-state index is 0.239. The molecule has 0 heterocycles. The largest absolute Gasteiger partial charge is 0.508 e. The number of carbonyl (C=O) groups excluding carboxylic acids is 1. The second-order valence-corrected chi connectivity index (χ2v) is 5.24. The zero-order chi connectivity index (χ0) is 15.8. The number of hydrogen-bond acceptors (Lipinski definition) is 3. The quantitative estimate of drug-likeness (QED) is 0.809. The van der Waals surface area contributed by atoms with Crippen molar-refractivity contribution >= 4 is 11.9 Å². The van der Waals surface area contributed by atoms with Crippen LogP contribution in [-0.2, 0) is 11.2 Å². The lowest BCUT2D eigenvalue weighted by Gasteiger charge is -2.01. The molecule has 0 amide bonds. The van der Waals surface area contributed by atoms with Crippen LogP contribution in [0.3, 0.4) is 0 Å². The molecular formula is C19H20O3. The molecule has 0 spiro atoms. The Kier molecular flexibility index (Phi) is 5.78. The highest BCUT2D eigenvalue weighted by molar-refractivity contribution is 5.78. The van der Waals surface area contributed by atoms with E-state index in [0.717, 1.165) is 17.5 Å². The van der Waals surface area contributed by atoms with Crippen molar-refractivity contribution in [1.29, 1.82) is 0 Å². The van der Waals surface area contributed by atoms with Crippen LogP contribution in [0.1, 0.15) is 30.4 Å². The van der Waals surface area contributed by atoms with Crippen molar-refractivity contribution in [2.45, 2.75) is 25.7 Å². The highest BCUT2D eigenvalue weighted by Gasteiger charge is 2.02. The average molecular weight is 296 g/mol. The van der Waals surface area contributed by atoms with Gasteiger partial charge in [0, 0.05) is 12.8 Å². The second-order valence-electron chi connectivity index (χ2n) is 5.24. The van der Waals surface area contributed by atoms with Crippen LogP contribution in [0.15, 0.2) is 54.6 Å². The number of rotatable bonds is 7. The fourth-order valence-electron chi connectivity index (χ4n) is 2.12. The van der Waals surface area contributed by atoms with Crippen LogP contribution >= 0.6 is 0 Å². The first-order valence-corrected chi connectivity index (χ1v) is 7.38. The predicted octanol–water partition coefficient (Wildman–Crippen LogP) is 4.09. The van der Waals surface area contributed by atoms with E-state index in [1.807, 2.05) is 36.4 Å². The standard InChI is InChI=1S/C19H20O3/c20-17(10-7-16-8-13-19(22)14-9-16)4-2-1-3-15-5-11-18(21)12-6-15/h1,3,5-6,8-9,11-14,21-22H,2,4,7,10H2/b3-1+. The average Bonchev–Trinajstić information content (AvgIpc) is 2.53. The van der Waals surface area contributed by atoms with Crippen LogP contribution in [0.4, 0.5) is 0 Å². The third-order valence-corrected chi connectivity index (χ3v) is 3.42. The SMILES string of the molecule is O=C(CC/C=C/c1ccc(O)cc1)CCc1ccc(O)cc1. The summed E-state index contributed by atoms with van der Waals surface area (Å²) in [7, 11) is 0. The van der Waals surface area contributed by atoms with Gasteiger partial charge < -0.3 is 10.2 Å². The van der Waals surface area contributed by atoms with Crippen molar-refractivity contribution in [3.8, 4) is 11.5 Å². The van der Waals surface area contributed by atoms with E-state index in [-0.39, 0.29) is 17.3 Å². The van der Waals surface area contributed by atoms with E-state index in [2.05, 4.69) is 0 Å². The number of Topliss-reactive ketones (excluding diaryl/α,β-unsaturated/α-hetero) is 1. The summed E-state index contributed by atoms with van der Waals surface area (Å²) in [5, 5.41) is 18.4. The van der Waals surface area contributed by atoms with Crippen molar-refractivity contribution in [2.24, 2.45) is 0 Å². The molecule has 0 radical (unpaired) electrons. The van der Waals surface area contributed by atoms with Gasteiger partial charge in [0.15, 0.2) is 0 Å². The Morgan fingerprint density at radius 2 is 1.45 bits per heavy atom. The van der Waals surface area contributed by atoms with Gasteiger partial charge in [-0.25, -0.2) is 0 Å². The van der Waals surface area contributed by atoms with E-state index in [1.54, 1.807) is 24.3 Å². The summed E-state index contributed by atoms with van der Waals surface area (Å²) in [5.41, 5.74) is 2.07. The smallest absolute Gasteiger partial charge is 0.133 e. The molecule has 114 valence electrons. The number of carbonyl (C=O) groups is 1. The number of ketones is 1. The number of phenolic OH excluding ortho intramolecular Hbond substituents is 2. The van der Waals surface area contributed by atoms with E-state index in [0.29, 0.717) is 19.3 Å². The van der Waals surface area contributed by atoms with Crippen molar-refractivity contribution in [3.05, 3.63) is 65.7 Å². The topological polar surface area (TPSA) is 57.5 Å². The molecule has 0 atom stereocenters. The van der Waals surface area contributed by atoms with Gasteiger partial charge in [-0.2, -0.15) is 0 Å². The Morgan fingerprint density at radius 1 is 0.864 bits per heavy atom. The number of hydrogen-bond donors (Lipinski definition) is 2. The lowest BCUT2D eigenvalue weighted by Crippen LogP contribution is -1.99. The molecule has 0 aliphatic carbocycles. The van der Waals surface area contributed by atoms with Crippen LogP contribution < -0.4 is 0 Å². The van der Waals surface area contributed by atoms with Gasteiger partial charge in [-0.15, -0.1) is 0 Å². The Hall–Kier alpha value is -2.55. The molecule has 3 nitrogen and oxygen atoms in total. The molecule has 22 heavy (non-hydrogen) atoms. The monoisotopic (exact) mass is 296 g/mol. The highest BCUT2D eigenvalue weighted by atomic mass is 16.3. The number of allylic oxidation sites excluding steroid dienone is 1. The van der Waals surface area contributed by atoms with Crippen molar-refractivity contribution in [2.75, 3.05) is 0 Å². The molecule has 2 rings (SSSR count). The van der Waals surface area contributed by atoms with E-state index >= 15 is 0 Å². The van der Waals surface area contributed by atoms with Crippen LogP contribution in [-0.4, -0.2) is 16.0 Å². The third kappa shape index (κ3) is 5.44. The highest BCUT2D eigenvalue weighted by Crippen LogP contribution is 2.13. The summed E-state index contributed by atoms with van der Waals surface area (Å²) >= 11 is 0. The molecular weight excluding hydrogens is 276 g/mol. The van der Waals surface area contributed by atoms with Crippen molar-refractivity contribution in [3.63, 3.8) is 0 Å². The molecule has 0 aliphatic rings. The molecule has 0 saturated heterocycles. The third-order valence-electron chi connectivity index (χ3n) is 3.42. The van der Waals surface area contributed by atoms with Gasteiger partial charge in [-0.3, -0.25) is 4.79 Å². The Bertz CT molecular complexity index is 625. The number of aryl methyl sites for hydroxylation is 1. The first kappa shape index (κ1) is 15.8. The Balaban J connectivity index is 1.69. The summed E-state index contributed by atoms with van der Waals surface area (Å²) < 4.78 is 0. The Labute approximate surface area is 130 Å². The molecule has 2 aromatic rings. The van der Waals surface area contributed by atoms with Crippen LogP contribution in [0, 0.1) is 0 Å². The van der Waals surface area contributed by atoms with E-state index in [9.17, 15) is 15.0 Å². The van der Waals surface area contributed by atoms with E-state index in [1.165, 1.54) is 0 Å². The maximum absolute atomic E-state index is 11.8. The molecule has 2 N–H and O–H groups in total. The maximum Gasteiger partial charge on any atom is 0.133 e. The molecule has 0 aromatic heterocycles. The van der Waals surface area contributed by atoms with Gasteiger partial charge in [-0.05, 0) is 48.2 Å². The fraction of sp³-hybridized carbons (Fsp3) is 0.211. The zero-order valence-electron chi connectivity index (χ0n) is 12.4. The molecule has 2 aromatic carbocycles. The number of aromatic hydroxyl groups is 2. The van der Waals surface area contributed by atoms with Crippen LogP contribution in [0.2, 0.25) is 0 Å². The molecule has 0 fully saturated rings. The van der Waals surface area contributed by atoms with E-state index in [4.69, 9.17) is 0 Å². The maximum atomic E-state index is 11.8. The lowest BCUT2D eigenvalue weighted by atomic mass is 10.0. The number of benzene rings is 2. The summed E-state index contributed by atoms with van der Waals surface area (Å²) in [5.74, 6) is 0.736. The molecule has 0 unspecified atom stereocenters. The lowest BCUT2D eigenvalue weighted by molar-refractivity contribution is -0.118. The van der Waals surface area contributed by atoms with Gasteiger partial charge >= 0.3 is 0 Å². The first-order chi connectivity index (χ1) is 10.6. The minimum absolute atomic E-state index is 0.239. The minimum Gasteiger partial charge on any atom is -0.508 e. The molecule has 0 saturated carbocycles. The summed E-state index contributed by atoms with van der Waals surface area (Å²) in [6.07, 6.45) is 6.41. The Morgan fingerprint density at radius 3 is 2.09 bits per heavy atom. The molecule has 0 aliphatic heterocycles. The first-order valence-electron chi connectivity index (χ1n) is 7.38. The second kappa shape index (κ2) is 8.03. The van der Waals surface area contributed by atoms with E-state index < -0.39 is 0 Å². The summed E-state index contributed by atoms with van der Waals surface area (Å²) in [6, 6.07) is 13.9. The van der Waals surface area contributed by atoms with Gasteiger partial charge in [-0.1, -0.05) is 36.4 Å². The zero-order valence-corrected chi connectivity index (χ0v) is 12.4. The van der Waals surface area contributed by atoms with Crippen LogP contribution in [0.5, 0.6) is 11.5 Å². The van der Waals surface area contributed by atoms with Gasteiger partial charge in [0.1, 0.15) is 17.3 Å². The van der Waals surface area contributed by atoms with Crippen molar-refractivity contribution in [1.82, 2.24) is 0 Å². The van der Waals surface area contributed by atoms with Gasteiger partial charge in [0.05, 0.1) is 0 Å². The summed E-state index contributed by atoms with van der Waals surface area (Å²) in [6.45, 7) is 0. The fourth-order valence-corrected chi connectivity index (χ4v) is 2.12. The van der Waals surface area contributed by atoms with Gasteiger partial charge in [0.25, 0.3) is 0 Å². The normalized spacial score (nSPS) is 10.9. The summed E-state index contributed by atoms with van der Waals surface area (Å²) in [4.78, 5) is 11.8. The van der Waals surface area contributed by atoms with Gasteiger partial charge in [0.2, 0.25) is 0 Å². The number of phenols is 2. The van der Waals surface area contributed by atoms with Crippen molar-refractivity contribution < 1.29 is 15.0 Å².